The maximum absolute atomic E-state index is 11.8. The molecule has 1 saturated heterocycles. The van der Waals surface area contributed by atoms with E-state index in [1.54, 1.807) is 6.20 Å². The number of aromatic nitrogens is 1. The Morgan fingerprint density at radius 2 is 2.35 bits per heavy atom. The van der Waals surface area contributed by atoms with Crippen molar-refractivity contribution in [3.05, 3.63) is 23.9 Å². The first kappa shape index (κ1) is 17.7. The summed E-state index contributed by atoms with van der Waals surface area (Å²) >= 11 is 0. The molecule has 0 bridgehead atoms. The molecule has 1 aliphatic rings. The lowest BCUT2D eigenvalue weighted by atomic mass is 10.2. The lowest BCUT2D eigenvalue weighted by Gasteiger charge is -2.37. The van der Waals surface area contributed by atoms with Gasteiger partial charge in [-0.05, 0) is 32.4 Å². The number of nitrogens with zero attached hydrogens (tertiary/aromatic N) is 2. The van der Waals surface area contributed by atoms with Crippen molar-refractivity contribution in [1.29, 1.82) is 0 Å². The van der Waals surface area contributed by atoms with Gasteiger partial charge in [0.2, 0.25) is 0 Å². The molecule has 6 nitrogen and oxygen atoms in total. The van der Waals surface area contributed by atoms with Crippen LogP contribution in [0.15, 0.2) is 18.3 Å². The van der Waals surface area contributed by atoms with Crippen LogP contribution in [-0.2, 0) is 4.74 Å². The van der Waals surface area contributed by atoms with Crippen LogP contribution < -0.4 is 10.6 Å². The number of pyridine rings is 1. The molecule has 1 aromatic heterocycles. The first-order valence-electron chi connectivity index (χ1n) is 8.43. The molecule has 1 aliphatic heterocycles. The highest BCUT2D eigenvalue weighted by Gasteiger charge is 2.23. The molecular formula is C17H28N4O2. The number of hydrogen-bond donors (Lipinski definition) is 2. The SMILES string of the molecule is CCCNC(=O)c1ccc(NCC(C)N2CCOCC2C)nc1. The molecule has 1 amide bonds. The van der Waals surface area contributed by atoms with E-state index in [0.717, 1.165) is 38.5 Å². The molecule has 2 unspecified atom stereocenters. The fourth-order valence-electron chi connectivity index (χ4n) is 2.74. The van der Waals surface area contributed by atoms with Crippen LogP contribution in [-0.4, -0.2) is 60.7 Å². The summed E-state index contributed by atoms with van der Waals surface area (Å²) in [6, 6.07) is 4.51. The number of nitrogens with one attached hydrogen (secondary N) is 2. The molecular weight excluding hydrogens is 292 g/mol. The number of anilines is 1. The van der Waals surface area contributed by atoms with Crippen LogP contribution in [0.3, 0.4) is 0 Å². The molecule has 1 fully saturated rings. The van der Waals surface area contributed by atoms with Crippen molar-refractivity contribution < 1.29 is 9.53 Å². The lowest BCUT2D eigenvalue weighted by Crippen LogP contribution is -2.50. The van der Waals surface area contributed by atoms with Crippen LogP contribution in [0.4, 0.5) is 5.82 Å². The molecule has 23 heavy (non-hydrogen) atoms. The predicted molar refractivity (Wildman–Crippen MR) is 91.8 cm³/mol. The average molecular weight is 320 g/mol. The minimum Gasteiger partial charge on any atom is -0.379 e. The number of carbonyl (C=O) groups is 1. The van der Waals surface area contributed by atoms with Gasteiger partial charge < -0.3 is 15.4 Å². The second-order valence-corrected chi connectivity index (χ2v) is 6.08. The quantitative estimate of drug-likeness (QED) is 0.801. The van der Waals surface area contributed by atoms with E-state index in [1.807, 2.05) is 19.1 Å². The zero-order chi connectivity index (χ0) is 16.7. The highest BCUT2D eigenvalue weighted by molar-refractivity contribution is 5.93. The van der Waals surface area contributed by atoms with Crippen LogP contribution in [0, 0.1) is 0 Å². The molecule has 2 heterocycles. The van der Waals surface area contributed by atoms with Crippen molar-refractivity contribution in [2.24, 2.45) is 0 Å². The minimum absolute atomic E-state index is 0.0681. The zero-order valence-electron chi connectivity index (χ0n) is 14.3. The average Bonchev–Trinajstić information content (AvgIpc) is 2.58. The van der Waals surface area contributed by atoms with E-state index in [0.29, 0.717) is 24.2 Å². The standard InChI is InChI=1S/C17H28N4O2/c1-4-7-18-17(22)15-5-6-16(20-11-15)19-10-13(2)21-8-9-23-12-14(21)3/h5-6,11,13-14H,4,7-10,12H2,1-3H3,(H,18,22)(H,19,20). The van der Waals surface area contributed by atoms with Crippen molar-refractivity contribution in [3.8, 4) is 0 Å². The first-order valence-corrected chi connectivity index (χ1v) is 8.43. The molecule has 6 heteroatoms. The van der Waals surface area contributed by atoms with Crippen molar-refractivity contribution in [3.63, 3.8) is 0 Å². The Labute approximate surface area is 138 Å². The summed E-state index contributed by atoms with van der Waals surface area (Å²) in [5, 5.41) is 6.19. The Kier molecular flexibility index (Phi) is 6.80. The highest BCUT2D eigenvalue weighted by atomic mass is 16.5. The first-order chi connectivity index (χ1) is 11.1. The van der Waals surface area contributed by atoms with E-state index in [-0.39, 0.29) is 5.91 Å². The molecule has 0 radical (unpaired) electrons. The smallest absolute Gasteiger partial charge is 0.252 e. The third-order valence-electron chi connectivity index (χ3n) is 4.13. The van der Waals surface area contributed by atoms with Crippen LogP contribution >= 0.6 is 0 Å². The normalized spacial score (nSPS) is 20.0. The summed E-state index contributed by atoms with van der Waals surface area (Å²) in [6.45, 7) is 10.5. The summed E-state index contributed by atoms with van der Waals surface area (Å²) < 4.78 is 5.48. The fraction of sp³-hybridized carbons (Fsp3) is 0.647. The third-order valence-corrected chi connectivity index (χ3v) is 4.13. The van der Waals surface area contributed by atoms with Gasteiger partial charge >= 0.3 is 0 Å². The van der Waals surface area contributed by atoms with Gasteiger partial charge in [-0.2, -0.15) is 0 Å². The van der Waals surface area contributed by atoms with Gasteiger partial charge in [0.1, 0.15) is 5.82 Å². The Morgan fingerprint density at radius 1 is 1.52 bits per heavy atom. The molecule has 128 valence electrons. The molecule has 1 aromatic rings. The number of ether oxygens (including phenoxy) is 1. The molecule has 0 spiro atoms. The summed E-state index contributed by atoms with van der Waals surface area (Å²) in [7, 11) is 0. The van der Waals surface area contributed by atoms with Gasteiger partial charge in [-0.3, -0.25) is 9.69 Å². The van der Waals surface area contributed by atoms with E-state index < -0.39 is 0 Å². The van der Waals surface area contributed by atoms with Gasteiger partial charge in [-0.25, -0.2) is 4.98 Å². The Balaban J connectivity index is 1.82. The molecule has 2 atom stereocenters. The summed E-state index contributed by atoms with van der Waals surface area (Å²) in [6.07, 6.45) is 2.55. The van der Waals surface area contributed by atoms with Gasteiger partial charge in [0, 0.05) is 37.9 Å². The van der Waals surface area contributed by atoms with Crippen molar-refractivity contribution in [1.82, 2.24) is 15.2 Å². The van der Waals surface area contributed by atoms with E-state index in [2.05, 4.69) is 34.4 Å². The van der Waals surface area contributed by atoms with Gasteiger partial charge in [0.15, 0.2) is 0 Å². The summed E-state index contributed by atoms with van der Waals surface area (Å²) in [5.74, 6) is 0.728. The van der Waals surface area contributed by atoms with Crippen molar-refractivity contribution in [2.45, 2.75) is 39.3 Å². The predicted octanol–water partition coefficient (Wildman–Crippen LogP) is 1.74. The zero-order valence-corrected chi connectivity index (χ0v) is 14.3. The van der Waals surface area contributed by atoms with E-state index in [9.17, 15) is 4.79 Å². The van der Waals surface area contributed by atoms with Crippen LogP contribution in [0.2, 0.25) is 0 Å². The van der Waals surface area contributed by atoms with E-state index in [4.69, 9.17) is 4.74 Å². The highest BCUT2D eigenvalue weighted by Crippen LogP contribution is 2.12. The van der Waals surface area contributed by atoms with Crippen LogP contribution in [0.5, 0.6) is 0 Å². The maximum atomic E-state index is 11.8. The number of carbonyl (C=O) groups excluding carboxylic acids is 1. The molecule has 2 N–H and O–H groups in total. The molecule has 0 aliphatic carbocycles. The number of hydrogen-bond acceptors (Lipinski definition) is 5. The molecule has 0 saturated carbocycles. The van der Waals surface area contributed by atoms with Gasteiger partial charge in [0.05, 0.1) is 18.8 Å². The molecule has 0 aromatic carbocycles. The monoisotopic (exact) mass is 320 g/mol. The van der Waals surface area contributed by atoms with Crippen molar-refractivity contribution >= 4 is 11.7 Å². The Hall–Kier alpha value is -1.66. The number of rotatable bonds is 7. The van der Waals surface area contributed by atoms with Crippen molar-refractivity contribution in [2.75, 3.05) is 38.2 Å². The Bertz CT molecular complexity index is 492. The topological polar surface area (TPSA) is 66.5 Å². The molecule has 2 rings (SSSR count). The second-order valence-electron chi connectivity index (χ2n) is 6.08. The summed E-state index contributed by atoms with van der Waals surface area (Å²) in [4.78, 5) is 18.6. The number of amides is 1. The Morgan fingerprint density at radius 3 is 3.00 bits per heavy atom. The van der Waals surface area contributed by atoms with E-state index in [1.165, 1.54) is 0 Å². The van der Waals surface area contributed by atoms with Gasteiger partial charge in [-0.1, -0.05) is 6.92 Å². The minimum atomic E-state index is -0.0681. The van der Waals surface area contributed by atoms with Gasteiger partial charge in [-0.15, -0.1) is 0 Å². The van der Waals surface area contributed by atoms with Crippen LogP contribution in [0.1, 0.15) is 37.6 Å². The largest absolute Gasteiger partial charge is 0.379 e. The van der Waals surface area contributed by atoms with Gasteiger partial charge in [0.25, 0.3) is 5.91 Å². The third kappa shape index (κ3) is 5.18. The fourth-order valence-corrected chi connectivity index (χ4v) is 2.74. The second kappa shape index (κ2) is 8.84. The number of morpholine rings is 1. The lowest BCUT2D eigenvalue weighted by molar-refractivity contribution is -0.0159. The van der Waals surface area contributed by atoms with Crippen LogP contribution in [0.25, 0.3) is 0 Å². The maximum Gasteiger partial charge on any atom is 0.252 e. The summed E-state index contributed by atoms with van der Waals surface area (Å²) in [5.41, 5.74) is 0.596. The van der Waals surface area contributed by atoms with E-state index >= 15 is 0 Å².